The summed E-state index contributed by atoms with van der Waals surface area (Å²) in [5.74, 6) is 1.61. The Kier molecular flexibility index (Phi) is 6.37. The second-order valence-electron chi connectivity index (χ2n) is 5.50. The molecule has 1 aliphatic rings. The van der Waals surface area contributed by atoms with Gasteiger partial charge in [0.1, 0.15) is 0 Å². The van der Waals surface area contributed by atoms with E-state index in [-0.39, 0.29) is 0 Å². The van der Waals surface area contributed by atoms with E-state index in [1.807, 2.05) is 7.05 Å². The number of nitrogens with one attached hydrogen (secondary N) is 1. The maximum absolute atomic E-state index is 6.04. The molecule has 2 heteroatoms. The zero-order valence-corrected chi connectivity index (χ0v) is 11.5. The van der Waals surface area contributed by atoms with E-state index in [0.717, 1.165) is 12.5 Å². The molecule has 1 rings (SSSR count). The lowest BCUT2D eigenvalue weighted by molar-refractivity contribution is 0.00197. The molecule has 1 N–H and O–H groups in total. The lowest BCUT2D eigenvalue weighted by Gasteiger charge is -2.29. The largest absolute Gasteiger partial charge is 0.377 e. The Bertz CT molecular complexity index is 176. The third-order valence-corrected chi connectivity index (χ3v) is 4.18. The third kappa shape index (κ3) is 4.42. The van der Waals surface area contributed by atoms with Crippen LogP contribution < -0.4 is 5.32 Å². The molecule has 1 fully saturated rings. The standard InChI is InChI=1S/C14H29NO/c1-5-12(3)14(15-4)10-16-13-8-6-11(2)7-9-13/h11-15H,5-10H2,1-4H3. The Labute approximate surface area is 101 Å². The second kappa shape index (κ2) is 7.29. The van der Waals surface area contributed by atoms with Gasteiger partial charge in [0.15, 0.2) is 0 Å². The summed E-state index contributed by atoms with van der Waals surface area (Å²) in [6.07, 6.45) is 6.96. The highest BCUT2D eigenvalue weighted by molar-refractivity contribution is 4.74. The van der Waals surface area contributed by atoms with E-state index in [2.05, 4.69) is 26.1 Å². The molecule has 1 saturated carbocycles. The van der Waals surface area contributed by atoms with Gasteiger partial charge in [0.25, 0.3) is 0 Å². The van der Waals surface area contributed by atoms with E-state index in [4.69, 9.17) is 4.74 Å². The number of likely N-dealkylation sites (N-methyl/N-ethyl adjacent to an activating group) is 1. The highest BCUT2D eigenvalue weighted by atomic mass is 16.5. The second-order valence-corrected chi connectivity index (χ2v) is 5.50. The highest BCUT2D eigenvalue weighted by Crippen LogP contribution is 2.25. The first-order chi connectivity index (χ1) is 7.67. The predicted octanol–water partition coefficient (Wildman–Crippen LogP) is 3.22. The SMILES string of the molecule is CCC(C)C(COC1CCC(C)CC1)NC. The molecule has 0 amide bonds. The summed E-state index contributed by atoms with van der Waals surface area (Å²) in [4.78, 5) is 0. The monoisotopic (exact) mass is 227 g/mol. The molecule has 0 bridgehead atoms. The van der Waals surface area contributed by atoms with Gasteiger partial charge in [0, 0.05) is 6.04 Å². The Hall–Kier alpha value is -0.0800. The molecule has 96 valence electrons. The minimum absolute atomic E-state index is 0.518. The van der Waals surface area contributed by atoms with Gasteiger partial charge in [-0.1, -0.05) is 27.2 Å². The molecule has 0 heterocycles. The lowest BCUT2D eigenvalue weighted by atomic mass is 9.89. The lowest BCUT2D eigenvalue weighted by Crippen LogP contribution is -2.38. The molecular weight excluding hydrogens is 198 g/mol. The van der Waals surface area contributed by atoms with Crippen LogP contribution in [0.3, 0.4) is 0 Å². The number of rotatable bonds is 6. The average molecular weight is 227 g/mol. The summed E-state index contributed by atoms with van der Waals surface area (Å²) in [6.45, 7) is 7.78. The molecule has 2 nitrogen and oxygen atoms in total. The minimum Gasteiger partial charge on any atom is -0.377 e. The smallest absolute Gasteiger partial charge is 0.0625 e. The Balaban J connectivity index is 2.22. The predicted molar refractivity (Wildman–Crippen MR) is 69.7 cm³/mol. The van der Waals surface area contributed by atoms with Crippen molar-refractivity contribution in [1.29, 1.82) is 0 Å². The molecular formula is C14H29NO. The van der Waals surface area contributed by atoms with Crippen molar-refractivity contribution in [3.05, 3.63) is 0 Å². The molecule has 2 atom stereocenters. The van der Waals surface area contributed by atoms with Gasteiger partial charge in [-0.3, -0.25) is 0 Å². The zero-order chi connectivity index (χ0) is 12.0. The fourth-order valence-corrected chi connectivity index (χ4v) is 2.45. The molecule has 0 aromatic rings. The van der Waals surface area contributed by atoms with Crippen LogP contribution in [0.5, 0.6) is 0 Å². The Morgan fingerprint density at radius 2 is 1.88 bits per heavy atom. The van der Waals surface area contributed by atoms with Crippen LogP contribution >= 0.6 is 0 Å². The van der Waals surface area contributed by atoms with Gasteiger partial charge in [0.05, 0.1) is 12.7 Å². The molecule has 0 aliphatic heterocycles. The Morgan fingerprint density at radius 1 is 1.25 bits per heavy atom. The molecule has 2 unspecified atom stereocenters. The molecule has 0 aromatic heterocycles. The van der Waals surface area contributed by atoms with Crippen LogP contribution in [0.15, 0.2) is 0 Å². The van der Waals surface area contributed by atoms with Gasteiger partial charge in [-0.2, -0.15) is 0 Å². The van der Waals surface area contributed by atoms with Crippen LogP contribution in [-0.2, 0) is 4.74 Å². The van der Waals surface area contributed by atoms with Crippen LogP contribution in [0.1, 0.15) is 52.9 Å². The van der Waals surface area contributed by atoms with Crippen molar-refractivity contribution in [1.82, 2.24) is 5.32 Å². The molecule has 16 heavy (non-hydrogen) atoms. The first-order valence-electron chi connectivity index (χ1n) is 6.96. The van der Waals surface area contributed by atoms with Gasteiger partial charge in [-0.05, 0) is 44.6 Å². The fourth-order valence-electron chi connectivity index (χ4n) is 2.45. The van der Waals surface area contributed by atoms with Crippen LogP contribution in [-0.4, -0.2) is 25.8 Å². The highest BCUT2D eigenvalue weighted by Gasteiger charge is 2.21. The summed E-state index contributed by atoms with van der Waals surface area (Å²) < 4.78 is 6.04. The first kappa shape index (κ1) is 14.0. The molecule has 0 saturated heterocycles. The van der Waals surface area contributed by atoms with E-state index >= 15 is 0 Å². The van der Waals surface area contributed by atoms with Crippen molar-refractivity contribution < 1.29 is 4.74 Å². The fraction of sp³-hybridized carbons (Fsp3) is 1.00. The van der Waals surface area contributed by atoms with Crippen molar-refractivity contribution >= 4 is 0 Å². The Morgan fingerprint density at radius 3 is 2.38 bits per heavy atom. The van der Waals surface area contributed by atoms with Gasteiger partial charge < -0.3 is 10.1 Å². The van der Waals surface area contributed by atoms with E-state index in [1.54, 1.807) is 0 Å². The van der Waals surface area contributed by atoms with Gasteiger partial charge >= 0.3 is 0 Å². The summed E-state index contributed by atoms with van der Waals surface area (Å²) in [7, 11) is 2.04. The van der Waals surface area contributed by atoms with Crippen molar-refractivity contribution in [2.24, 2.45) is 11.8 Å². The summed E-state index contributed by atoms with van der Waals surface area (Å²) in [5, 5.41) is 3.38. The summed E-state index contributed by atoms with van der Waals surface area (Å²) in [5.41, 5.74) is 0. The van der Waals surface area contributed by atoms with Crippen LogP contribution in [0, 0.1) is 11.8 Å². The molecule has 0 radical (unpaired) electrons. The van der Waals surface area contributed by atoms with E-state index < -0.39 is 0 Å². The van der Waals surface area contributed by atoms with Gasteiger partial charge in [0.2, 0.25) is 0 Å². The van der Waals surface area contributed by atoms with Crippen molar-refractivity contribution in [2.45, 2.75) is 65.0 Å². The van der Waals surface area contributed by atoms with Crippen LogP contribution in [0.25, 0.3) is 0 Å². The summed E-state index contributed by atoms with van der Waals surface area (Å²) in [6, 6.07) is 0.518. The molecule has 0 spiro atoms. The normalized spacial score (nSPS) is 30.0. The molecule has 1 aliphatic carbocycles. The topological polar surface area (TPSA) is 21.3 Å². The maximum Gasteiger partial charge on any atom is 0.0625 e. The minimum atomic E-state index is 0.518. The van der Waals surface area contributed by atoms with Crippen LogP contribution in [0.2, 0.25) is 0 Å². The van der Waals surface area contributed by atoms with E-state index in [0.29, 0.717) is 18.1 Å². The van der Waals surface area contributed by atoms with E-state index in [1.165, 1.54) is 32.1 Å². The number of hydrogen-bond donors (Lipinski definition) is 1. The maximum atomic E-state index is 6.04. The van der Waals surface area contributed by atoms with Crippen molar-refractivity contribution in [3.8, 4) is 0 Å². The molecule has 0 aromatic carbocycles. The zero-order valence-electron chi connectivity index (χ0n) is 11.5. The van der Waals surface area contributed by atoms with Crippen molar-refractivity contribution in [3.63, 3.8) is 0 Å². The third-order valence-electron chi connectivity index (χ3n) is 4.18. The number of hydrogen-bond acceptors (Lipinski definition) is 2. The number of ether oxygens (including phenoxy) is 1. The van der Waals surface area contributed by atoms with Gasteiger partial charge in [-0.15, -0.1) is 0 Å². The van der Waals surface area contributed by atoms with Gasteiger partial charge in [-0.25, -0.2) is 0 Å². The average Bonchev–Trinajstić information content (AvgIpc) is 2.31. The summed E-state index contributed by atoms with van der Waals surface area (Å²) >= 11 is 0. The van der Waals surface area contributed by atoms with Crippen LogP contribution in [0.4, 0.5) is 0 Å². The first-order valence-corrected chi connectivity index (χ1v) is 6.96. The van der Waals surface area contributed by atoms with E-state index in [9.17, 15) is 0 Å². The quantitative estimate of drug-likeness (QED) is 0.752. The van der Waals surface area contributed by atoms with Crippen molar-refractivity contribution in [2.75, 3.05) is 13.7 Å².